The van der Waals surface area contributed by atoms with Crippen LogP contribution in [0.3, 0.4) is 0 Å². The molecule has 0 atom stereocenters. The number of carbonyl (C=O) groups is 1. The van der Waals surface area contributed by atoms with Crippen LogP contribution < -0.4 is 10.1 Å². The lowest BCUT2D eigenvalue weighted by Crippen LogP contribution is -2.27. The van der Waals surface area contributed by atoms with Crippen molar-refractivity contribution in [1.82, 2.24) is 5.32 Å². The van der Waals surface area contributed by atoms with E-state index in [2.05, 4.69) is 12.2 Å². The predicted molar refractivity (Wildman–Crippen MR) is 135 cm³/mol. The average molecular weight is 448 g/mol. The van der Waals surface area contributed by atoms with Gasteiger partial charge in [0.25, 0.3) is 0 Å². The fraction of sp³-hybridized carbons (Fsp3) is 0.750. The molecule has 32 heavy (non-hydrogen) atoms. The maximum absolute atomic E-state index is 11.9. The molecule has 0 unspecified atom stereocenters. The molecule has 0 aromatic heterocycles. The largest absolute Gasteiger partial charge is 0.492 e. The molecule has 1 aromatic carbocycles. The predicted octanol–water partition coefficient (Wildman–Crippen LogP) is 6.98. The van der Waals surface area contributed by atoms with Gasteiger partial charge in [0.2, 0.25) is 5.91 Å². The zero-order chi connectivity index (χ0) is 23.1. The van der Waals surface area contributed by atoms with Gasteiger partial charge in [-0.05, 0) is 30.5 Å². The van der Waals surface area contributed by atoms with Crippen molar-refractivity contribution in [1.29, 1.82) is 0 Å². The highest BCUT2D eigenvalue weighted by molar-refractivity contribution is 5.75. The molecule has 0 aliphatic heterocycles. The van der Waals surface area contributed by atoms with Crippen LogP contribution in [-0.4, -0.2) is 30.8 Å². The number of ether oxygens (including phenoxy) is 1. The van der Waals surface area contributed by atoms with E-state index in [1.54, 1.807) is 0 Å². The van der Waals surface area contributed by atoms with Crippen LogP contribution in [-0.2, 0) is 11.2 Å². The van der Waals surface area contributed by atoms with E-state index in [1.807, 2.05) is 24.3 Å². The Bertz CT molecular complexity index is 544. The molecule has 4 nitrogen and oxygen atoms in total. The highest BCUT2D eigenvalue weighted by Gasteiger charge is 2.01. The molecular weight excluding hydrogens is 398 g/mol. The van der Waals surface area contributed by atoms with E-state index in [1.165, 1.54) is 83.5 Å². The van der Waals surface area contributed by atoms with E-state index in [4.69, 9.17) is 9.84 Å². The molecule has 184 valence electrons. The van der Waals surface area contributed by atoms with Gasteiger partial charge in [0.15, 0.2) is 0 Å². The quantitative estimate of drug-likeness (QED) is 0.189. The first-order valence-electron chi connectivity index (χ1n) is 13.4. The molecule has 0 saturated heterocycles. The Labute approximate surface area is 197 Å². The normalized spacial score (nSPS) is 10.9. The van der Waals surface area contributed by atoms with Crippen molar-refractivity contribution in [2.24, 2.45) is 0 Å². The molecule has 0 aliphatic carbocycles. The summed E-state index contributed by atoms with van der Waals surface area (Å²) in [6.45, 7) is 3.45. The van der Waals surface area contributed by atoms with Crippen molar-refractivity contribution < 1.29 is 14.6 Å². The van der Waals surface area contributed by atoms with Crippen molar-refractivity contribution in [3.63, 3.8) is 0 Å². The first-order valence-corrected chi connectivity index (χ1v) is 13.4. The summed E-state index contributed by atoms with van der Waals surface area (Å²) in [6, 6.07) is 7.73. The van der Waals surface area contributed by atoms with E-state index in [9.17, 15) is 4.79 Å². The zero-order valence-electron chi connectivity index (χ0n) is 20.7. The van der Waals surface area contributed by atoms with Gasteiger partial charge in [0, 0.05) is 13.0 Å². The van der Waals surface area contributed by atoms with Crippen LogP contribution in [0.1, 0.15) is 115 Å². The van der Waals surface area contributed by atoms with Crippen LogP contribution >= 0.6 is 0 Å². The number of benzene rings is 1. The fourth-order valence-corrected chi connectivity index (χ4v) is 3.99. The number of rotatable bonds is 22. The molecule has 0 fully saturated rings. The van der Waals surface area contributed by atoms with Gasteiger partial charge in [-0.3, -0.25) is 4.79 Å². The first kappa shape index (κ1) is 28.5. The Balaban J connectivity index is 1.82. The number of hydrogen-bond acceptors (Lipinski definition) is 3. The van der Waals surface area contributed by atoms with Gasteiger partial charge in [0.05, 0.1) is 6.54 Å². The molecule has 1 rings (SSSR count). The van der Waals surface area contributed by atoms with Crippen molar-refractivity contribution in [3.05, 3.63) is 29.8 Å². The second-order valence-corrected chi connectivity index (χ2v) is 9.02. The van der Waals surface area contributed by atoms with Crippen molar-refractivity contribution >= 4 is 5.91 Å². The van der Waals surface area contributed by atoms with E-state index >= 15 is 0 Å². The third kappa shape index (κ3) is 17.1. The van der Waals surface area contributed by atoms with Gasteiger partial charge in [-0.1, -0.05) is 109 Å². The number of aliphatic hydroxyl groups excluding tert-OH is 1. The van der Waals surface area contributed by atoms with Gasteiger partial charge in [-0.25, -0.2) is 0 Å². The van der Waals surface area contributed by atoms with E-state index in [0.717, 1.165) is 24.2 Å². The first-order chi connectivity index (χ1) is 15.8. The Hall–Kier alpha value is -1.55. The highest BCUT2D eigenvalue weighted by atomic mass is 16.5. The topological polar surface area (TPSA) is 58.6 Å². The molecule has 0 radical (unpaired) electrons. The maximum atomic E-state index is 11.9. The molecule has 0 heterocycles. The lowest BCUT2D eigenvalue weighted by Gasteiger charge is -2.08. The average Bonchev–Trinajstić information content (AvgIpc) is 2.80. The second kappa shape index (κ2) is 21.3. The third-order valence-electron chi connectivity index (χ3n) is 6.02. The monoisotopic (exact) mass is 447 g/mol. The Morgan fingerprint density at radius 1 is 0.781 bits per heavy atom. The summed E-state index contributed by atoms with van der Waals surface area (Å²) in [5.41, 5.74) is 1.09. The van der Waals surface area contributed by atoms with Gasteiger partial charge < -0.3 is 15.2 Å². The number of amides is 1. The summed E-state index contributed by atoms with van der Waals surface area (Å²) >= 11 is 0. The van der Waals surface area contributed by atoms with Crippen LogP contribution in [0.25, 0.3) is 0 Å². The van der Waals surface area contributed by atoms with Crippen LogP contribution in [0.5, 0.6) is 5.75 Å². The SMILES string of the molecule is CCCCCCCCCCCCCCCCCC(=O)NCCOc1ccc(CCO)cc1. The smallest absolute Gasteiger partial charge is 0.220 e. The van der Waals surface area contributed by atoms with Crippen molar-refractivity contribution in [2.45, 2.75) is 116 Å². The molecule has 0 bridgehead atoms. The molecule has 1 aromatic rings. The van der Waals surface area contributed by atoms with Crippen LogP contribution in [0, 0.1) is 0 Å². The minimum absolute atomic E-state index is 0.126. The molecule has 2 N–H and O–H groups in total. The van der Waals surface area contributed by atoms with E-state index in [0.29, 0.717) is 26.0 Å². The number of aliphatic hydroxyl groups is 1. The van der Waals surface area contributed by atoms with Crippen molar-refractivity contribution in [3.8, 4) is 5.75 Å². The van der Waals surface area contributed by atoms with Crippen LogP contribution in [0.2, 0.25) is 0 Å². The third-order valence-corrected chi connectivity index (χ3v) is 6.02. The number of hydrogen-bond donors (Lipinski definition) is 2. The Kier molecular flexibility index (Phi) is 19.0. The van der Waals surface area contributed by atoms with E-state index < -0.39 is 0 Å². The van der Waals surface area contributed by atoms with Gasteiger partial charge >= 0.3 is 0 Å². The van der Waals surface area contributed by atoms with E-state index in [-0.39, 0.29) is 12.5 Å². The second-order valence-electron chi connectivity index (χ2n) is 9.02. The van der Waals surface area contributed by atoms with Crippen LogP contribution in [0.4, 0.5) is 0 Å². The lowest BCUT2D eigenvalue weighted by atomic mass is 10.0. The fourth-order valence-electron chi connectivity index (χ4n) is 3.99. The molecule has 4 heteroatoms. The highest BCUT2D eigenvalue weighted by Crippen LogP contribution is 2.14. The summed E-state index contributed by atoms with van der Waals surface area (Å²) in [5, 5.41) is 11.9. The Morgan fingerprint density at radius 2 is 1.28 bits per heavy atom. The summed E-state index contributed by atoms with van der Waals surface area (Å²) in [5.74, 6) is 0.921. The van der Waals surface area contributed by atoms with Gasteiger partial charge in [0.1, 0.15) is 12.4 Å². The van der Waals surface area contributed by atoms with Gasteiger partial charge in [-0.2, -0.15) is 0 Å². The summed E-state index contributed by atoms with van der Waals surface area (Å²) in [4.78, 5) is 11.9. The summed E-state index contributed by atoms with van der Waals surface area (Å²) < 4.78 is 5.64. The maximum Gasteiger partial charge on any atom is 0.220 e. The molecule has 0 aliphatic rings. The number of carbonyl (C=O) groups excluding carboxylic acids is 1. The molecule has 0 spiro atoms. The van der Waals surface area contributed by atoms with Gasteiger partial charge in [-0.15, -0.1) is 0 Å². The zero-order valence-corrected chi connectivity index (χ0v) is 20.7. The molecule has 1 amide bonds. The summed E-state index contributed by atoms with van der Waals surface area (Å²) in [7, 11) is 0. The molecular formula is C28H49NO3. The number of unbranched alkanes of at least 4 members (excludes halogenated alkanes) is 14. The summed E-state index contributed by atoms with van der Waals surface area (Å²) in [6.07, 6.45) is 21.4. The van der Waals surface area contributed by atoms with Crippen LogP contribution in [0.15, 0.2) is 24.3 Å². The van der Waals surface area contributed by atoms with Crippen molar-refractivity contribution in [2.75, 3.05) is 19.8 Å². The molecule has 0 saturated carbocycles. The number of nitrogens with one attached hydrogen (secondary N) is 1. The standard InChI is InChI=1S/C28H49NO3/c1-2-3-4-5-6-7-8-9-10-11-12-13-14-15-16-17-28(31)29-23-25-32-27-20-18-26(19-21-27)22-24-30/h18-21,30H,2-17,22-25H2,1H3,(H,29,31). The Morgan fingerprint density at radius 3 is 1.78 bits per heavy atom. The minimum atomic E-state index is 0.126. The lowest BCUT2D eigenvalue weighted by molar-refractivity contribution is -0.121. The minimum Gasteiger partial charge on any atom is -0.492 e.